The van der Waals surface area contributed by atoms with Gasteiger partial charge in [0, 0.05) is 46.0 Å². The van der Waals surface area contributed by atoms with Gasteiger partial charge in [0.25, 0.3) is 5.91 Å². The van der Waals surface area contributed by atoms with Crippen molar-refractivity contribution in [3.8, 4) is 5.75 Å². The molecule has 2 aromatic carbocycles. The van der Waals surface area contributed by atoms with Gasteiger partial charge in [0.05, 0.1) is 6.42 Å². The van der Waals surface area contributed by atoms with E-state index in [0.29, 0.717) is 12.0 Å². The molecule has 330 valence electrons. The number of cyclic esters (lactones) is 1. The minimum absolute atomic E-state index is 0.0364. The van der Waals surface area contributed by atoms with Gasteiger partial charge in [-0.2, -0.15) is 0 Å². The van der Waals surface area contributed by atoms with Gasteiger partial charge in [-0.15, -0.1) is 0 Å². The van der Waals surface area contributed by atoms with Crippen molar-refractivity contribution >= 4 is 53.1 Å². The van der Waals surface area contributed by atoms with Gasteiger partial charge in [-0.25, -0.2) is 9.78 Å². The summed E-state index contributed by atoms with van der Waals surface area (Å²) in [5.74, 6) is -8.33. The molecule has 6 amide bonds. The predicted octanol–water partition coefficient (Wildman–Crippen LogP) is 0.669. The third-order valence-electron chi connectivity index (χ3n) is 10.9. The Morgan fingerprint density at radius 3 is 2.19 bits per heavy atom. The van der Waals surface area contributed by atoms with E-state index >= 15 is 0 Å². The van der Waals surface area contributed by atoms with E-state index in [1.807, 2.05) is 31.1 Å². The van der Waals surface area contributed by atoms with E-state index in [4.69, 9.17) is 4.74 Å². The van der Waals surface area contributed by atoms with Gasteiger partial charge in [0.15, 0.2) is 11.7 Å². The van der Waals surface area contributed by atoms with Gasteiger partial charge < -0.3 is 50.9 Å². The van der Waals surface area contributed by atoms with Gasteiger partial charge in [-0.1, -0.05) is 49.4 Å². The number of fused-ring (bicyclic) bond motifs is 1. The van der Waals surface area contributed by atoms with E-state index in [9.17, 15) is 48.6 Å². The number of aromatic hydroxyl groups is 1. The van der Waals surface area contributed by atoms with E-state index in [2.05, 4.69) is 26.3 Å². The molecule has 0 bridgehead atoms. The van der Waals surface area contributed by atoms with E-state index in [1.54, 1.807) is 37.3 Å². The van der Waals surface area contributed by atoms with Crippen LogP contribution in [0.5, 0.6) is 5.75 Å². The summed E-state index contributed by atoms with van der Waals surface area (Å²) in [4.78, 5) is 119. The number of benzene rings is 2. The topological polar surface area (TPSA) is 257 Å². The molecule has 2 aliphatic heterocycles. The summed E-state index contributed by atoms with van der Waals surface area (Å²) < 4.78 is 5.75. The number of nitrogens with zero attached hydrogens (tertiary/aromatic N) is 4. The Kier molecular flexibility index (Phi) is 15.2. The molecule has 0 radical (unpaired) electrons. The fourth-order valence-electron chi connectivity index (χ4n) is 7.35. The van der Waals surface area contributed by atoms with Crippen LogP contribution < -0.4 is 26.2 Å². The Morgan fingerprint density at radius 2 is 1.56 bits per heavy atom. The van der Waals surface area contributed by atoms with Crippen molar-refractivity contribution in [2.75, 3.05) is 32.6 Å². The number of anilines is 1. The normalized spacial score (nSPS) is 24.3. The van der Waals surface area contributed by atoms with Crippen LogP contribution in [0.25, 0.3) is 0 Å². The lowest BCUT2D eigenvalue weighted by Crippen LogP contribution is -2.60. The average Bonchev–Trinajstić information content (AvgIpc) is 3.74. The van der Waals surface area contributed by atoms with Crippen LogP contribution in [0.3, 0.4) is 0 Å². The van der Waals surface area contributed by atoms with Gasteiger partial charge in [-0.05, 0) is 61.6 Å². The molecule has 5 rings (SSSR count). The first kappa shape index (κ1) is 46.0. The third-order valence-corrected chi connectivity index (χ3v) is 10.9. The summed E-state index contributed by atoms with van der Waals surface area (Å²) in [5.41, 5.74) is 1.21. The lowest BCUT2D eigenvalue weighted by molar-refractivity contribution is -0.155. The Hall–Kier alpha value is -7.05. The quantitative estimate of drug-likeness (QED) is 0.162. The van der Waals surface area contributed by atoms with Crippen molar-refractivity contribution in [3.05, 3.63) is 89.7 Å². The standard InChI is InChI=1S/C43H52N8O11/c1-6-28-41(59)51-21-11-14-30(51)42(60)50(5)31(22-25-16-18-27(19-17-25)49(3)4)38(56)46-29(23-33(53)54)37(55)48-35(26-12-8-7-9-13-26)43(61)62-24(2)34(39(57)45-28)47-40(58)36-32(52)15-10-20-44-36/h7-10,12-13,15-20,24,28-31,34-35,52H,6,11,14,21-23H2,1-5H3,(H,45,57)(H,46,56)(H,47,58)(H,48,55)(H,53,54). The number of hydrogen-bond acceptors (Lipinski definition) is 12. The van der Waals surface area contributed by atoms with Gasteiger partial charge in [-0.3, -0.25) is 33.6 Å². The molecule has 62 heavy (non-hydrogen) atoms. The molecule has 0 aliphatic carbocycles. The molecule has 3 heterocycles. The lowest BCUT2D eigenvalue weighted by atomic mass is 10.0. The van der Waals surface area contributed by atoms with Crippen LogP contribution in [-0.2, 0) is 44.7 Å². The van der Waals surface area contributed by atoms with Crippen molar-refractivity contribution in [1.82, 2.24) is 36.1 Å². The molecular formula is C43H52N8O11. The number of carboxylic acid groups (broad SMARTS) is 1. The van der Waals surface area contributed by atoms with Gasteiger partial charge >= 0.3 is 11.9 Å². The lowest BCUT2D eigenvalue weighted by Gasteiger charge is -2.34. The number of hydrogen-bond donors (Lipinski definition) is 6. The predicted molar refractivity (Wildman–Crippen MR) is 222 cm³/mol. The van der Waals surface area contributed by atoms with Crippen molar-refractivity contribution < 1.29 is 53.3 Å². The van der Waals surface area contributed by atoms with E-state index in [0.717, 1.165) is 5.69 Å². The highest BCUT2D eigenvalue weighted by Crippen LogP contribution is 2.24. The molecule has 2 fully saturated rings. The van der Waals surface area contributed by atoms with Crippen LogP contribution >= 0.6 is 0 Å². The molecule has 7 unspecified atom stereocenters. The summed E-state index contributed by atoms with van der Waals surface area (Å²) in [5, 5.41) is 30.3. The van der Waals surface area contributed by atoms with Crippen LogP contribution in [0.4, 0.5) is 5.69 Å². The zero-order chi connectivity index (χ0) is 45.2. The summed E-state index contributed by atoms with van der Waals surface area (Å²) in [7, 11) is 5.09. The minimum Gasteiger partial charge on any atom is -0.505 e. The van der Waals surface area contributed by atoms with E-state index < -0.39 is 108 Å². The SMILES string of the molecule is CCC1NC(=O)C(NC(=O)c2ncccc2O)C(C)OC(=O)C(c2ccccc2)NC(=O)C(CC(=O)O)NC(=O)C(Cc2ccc(N(C)C)cc2)N(C)C(=O)C2CCCN2C1=O. The van der Waals surface area contributed by atoms with Crippen molar-refractivity contribution in [2.45, 2.75) is 88.3 Å². The number of rotatable bonds is 9. The van der Waals surface area contributed by atoms with Crippen molar-refractivity contribution in [3.63, 3.8) is 0 Å². The molecule has 19 nitrogen and oxygen atoms in total. The molecule has 1 aromatic heterocycles. The monoisotopic (exact) mass is 856 g/mol. The maximum Gasteiger partial charge on any atom is 0.333 e. The summed E-state index contributed by atoms with van der Waals surface area (Å²) in [6, 6.07) is 8.70. The molecule has 3 aromatic rings. The highest BCUT2D eigenvalue weighted by atomic mass is 16.5. The van der Waals surface area contributed by atoms with Gasteiger partial charge in [0.1, 0.15) is 42.1 Å². The number of amides is 6. The van der Waals surface area contributed by atoms with Crippen LogP contribution in [0.2, 0.25) is 0 Å². The molecule has 7 atom stereocenters. The zero-order valence-electron chi connectivity index (χ0n) is 35.1. The molecule has 2 aliphatic rings. The molecular weight excluding hydrogens is 805 g/mol. The van der Waals surface area contributed by atoms with E-state index in [-0.39, 0.29) is 31.4 Å². The molecule has 0 saturated carbocycles. The number of carbonyl (C=O) groups excluding carboxylic acids is 7. The Balaban J connectivity index is 1.59. The largest absolute Gasteiger partial charge is 0.505 e. The number of likely N-dealkylation sites (N-methyl/N-ethyl adjacent to an activating group) is 1. The highest BCUT2D eigenvalue weighted by Gasteiger charge is 2.43. The number of ether oxygens (including phenoxy) is 1. The third kappa shape index (κ3) is 11.0. The van der Waals surface area contributed by atoms with Gasteiger partial charge in [0.2, 0.25) is 29.5 Å². The van der Waals surface area contributed by atoms with Crippen LogP contribution in [-0.4, -0.2) is 136 Å². The summed E-state index contributed by atoms with van der Waals surface area (Å²) >= 11 is 0. The molecule has 0 spiro atoms. The number of pyridine rings is 1. The second-order valence-electron chi connectivity index (χ2n) is 15.4. The number of carbonyl (C=O) groups is 8. The Morgan fingerprint density at radius 1 is 0.887 bits per heavy atom. The first-order valence-electron chi connectivity index (χ1n) is 20.2. The number of carboxylic acids is 1. The second-order valence-corrected chi connectivity index (χ2v) is 15.4. The number of nitrogens with one attached hydrogen (secondary N) is 4. The fourth-order valence-corrected chi connectivity index (χ4v) is 7.35. The summed E-state index contributed by atoms with van der Waals surface area (Å²) in [6.45, 7) is 3.04. The number of esters is 1. The maximum atomic E-state index is 14.5. The highest BCUT2D eigenvalue weighted by molar-refractivity contribution is 6.00. The number of aliphatic carboxylic acids is 1. The van der Waals surface area contributed by atoms with Crippen LogP contribution in [0, 0.1) is 0 Å². The smallest absolute Gasteiger partial charge is 0.333 e. The van der Waals surface area contributed by atoms with Crippen LogP contribution in [0.1, 0.15) is 67.2 Å². The number of aromatic nitrogens is 1. The minimum atomic E-state index is -1.78. The van der Waals surface area contributed by atoms with Crippen molar-refractivity contribution in [1.29, 1.82) is 0 Å². The second kappa shape index (κ2) is 20.5. The molecule has 19 heteroatoms. The van der Waals surface area contributed by atoms with Crippen molar-refractivity contribution in [2.24, 2.45) is 0 Å². The zero-order valence-corrected chi connectivity index (χ0v) is 35.1. The van der Waals surface area contributed by atoms with Crippen LogP contribution in [0.15, 0.2) is 72.9 Å². The maximum absolute atomic E-state index is 14.5. The molecule has 6 N–H and O–H groups in total. The first-order valence-corrected chi connectivity index (χ1v) is 20.2. The fraction of sp³-hybridized carbons (Fsp3) is 0.419. The Bertz CT molecular complexity index is 2150. The van der Waals surface area contributed by atoms with E-state index in [1.165, 1.54) is 54.2 Å². The first-order chi connectivity index (χ1) is 29.5. The molecule has 2 saturated heterocycles. The summed E-state index contributed by atoms with van der Waals surface area (Å²) in [6.07, 6.45) is -0.621. The average molecular weight is 857 g/mol. The Labute approximate surface area is 358 Å².